The summed E-state index contributed by atoms with van der Waals surface area (Å²) in [6.45, 7) is 2.10. The zero-order valence-electron chi connectivity index (χ0n) is 18.4. The molecule has 0 aromatic carbocycles. The van der Waals surface area contributed by atoms with Gasteiger partial charge in [0.25, 0.3) is 0 Å². The Morgan fingerprint density at radius 3 is 2.38 bits per heavy atom. The number of fused-ring (bicyclic) bond motifs is 2. The van der Waals surface area contributed by atoms with E-state index in [4.69, 9.17) is 14.2 Å². The quantitative estimate of drug-likeness (QED) is 0.230. The Labute approximate surface area is 186 Å². The van der Waals surface area contributed by atoms with Crippen LogP contribution >= 0.6 is 0 Å². The van der Waals surface area contributed by atoms with Crippen molar-refractivity contribution in [2.75, 3.05) is 20.6 Å². The lowest BCUT2D eigenvalue weighted by Gasteiger charge is -2.60. The van der Waals surface area contributed by atoms with Gasteiger partial charge in [-0.15, -0.1) is 0 Å². The van der Waals surface area contributed by atoms with Crippen LogP contribution in [-0.4, -0.2) is 111 Å². The van der Waals surface area contributed by atoms with E-state index in [1.165, 1.54) is 6.33 Å². The van der Waals surface area contributed by atoms with Crippen molar-refractivity contribution < 1.29 is 34.6 Å². The van der Waals surface area contributed by atoms with E-state index in [1.54, 1.807) is 33.4 Å². The van der Waals surface area contributed by atoms with Crippen molar-refractivity contribution in [2.45, 2.75) is 80.2 Å². The van der Waals surface area contributed by atoms with Crippen LogP contribution in [-0.2, 0) is 20.8 Å². The maximum atomic E-state index is 11.6. The standard InChI is InChI=1S/C20H33N5O7/c1-10-4-19(28,8-23-5-11-6-24-9-25-7-11)20(29)18(30-10)31-17-15(27)12(21-2)14(26)13(22-3)16(17)32-20/h6-7,9-10,12-18,21-23,26-29H,4-5,8H2,1-3H3/t10-,12-,13+,14+,15+,16-,17-,18+,19-,20-/m1/s1. The van der Waals surface area contributed by atoms with Crippen molar-refractivity contribution in [3.63, 3.8) is 0 Å². The molecule has 12 nitrogen and oxygen atoms in total. The van der Waals surface area contributed by atoms with Crippen LogP contribution in [0.2, 0.25) is 0 Å². The first-order valence-corrected chi connectivity index (χ1v) is 10.8. The van der Waals surface area contributed by atoms with Crippen molar-refractivity contribution in [1.82, 2.24) is 25.9 Å². The van der Waals surface area contributed by atoms with Gasteiger partial charge in [0.1, 0.15) is 30.2 Å². The predicted octanol–water partition coefficient (Wildman–Crippen LogP) is -3.18. The van der Waals surface area contributed by atoms with E-state index in [0.717, 1.165) is 5.56 Å². The van der Waals surface area contributed by atoms with Crippen LogP contribution in [0.15, 0.2) is 18.7 Å². The summed E-state index contributed by atoms with van der Waals surface area (Å²) in [4.78, 5) is 7.92. The van der Waals surface area contributed by atoms with Gasteiger partial charge >= 0.3 is 0 Å². The summed E-state index contributed by atoms with van der Waals surface area (Å²) >= 11 is 0. The number of rotatable bonds is 6. The molecule has 1 aliphatic carbocycles. The van der Waals surface area contributed by atoms with Crippen LogP contribution in [0.5, 0.6) is 0 Å². The van der Waals surface area contributed by atoms with Gasteiger partial charge in [0.05, 0.1) is 24.3 Å². The minimum atomic E-state index is -2.23. The number of aliphatic hydroxyl groups excluding tert-OH is 2. The van der Waals surface area contributed by atoms with Crippen LogP contribution in [0.1, 0.15) is 18.9 Å². The van der Waals surface area contributed by atoms with Gasteiger partial charge in [-0.3, -0.25) is 0 Å². The highest BCUT2D eigenvalue weighted by atomic mass is 16.8. The number of ether oxygens (including phenoxy) is 3. The number of hydrogen-bond acceptors (Lipinski definition) is 12. The highest BCUT2D eigenvalue weighted by Crippen LogP contribution is 2.46. The number of likely N-dealkylation sites (N-methyl/N-ethyl adjacent to an activating group) is 2. The number of nitrogens with one attached hydrogen (secondary N) is 3. The molecule has 10 atom stereocenters. The molecule has 7 N–H and O–H groups in total. The normalized spacial score (nSPS) is 46.3. The van der Waals surface area contributed by atoms with E-state index in [0.29, 0.717) is 6.54 Å². The average molecular weight is 456 g/mol. The Morgan fingerprint density at radius 1 is 1.03 bits per heavy atom. The van der Waals surface area contributed by atoms with Crippen LogP contribution < -0.4 is 16.0 Å². The van der Waals surface area contributed by atoms with E-state index in [2.05, 4.69) is 25.9 Å². The molecule has 32 heavy (non-hydrogen) atoms. The third-order valence-corrected chi connectivity index (χ3v) is 6.71. The van der Waals surface area contributed by atoms with Gasteiger partial charge in [0.2, 0.25) is 12.1 Å². The maximum Gasteiger partial charge on any atom is 0.249 e. The van der Waals surface area contributed by atoms with E-state index in [1.807, 2.05) is 0 Å². The van der Waals surface area contributed by atoms with Crippen molar-refractivity contribution in [2.24, 2.45) is 0 Å². The summed E-state index contributed by atoms with van der Waals surface area (Å²) in [6, 6.07) is -1.36. The van der Waals surface area contributed by atoms with Gasteiger partial charge in [0, 0.05) is 37.5 Å². The average Bonchev–Trinajstić information content (AvgIpc) is 2.75. The van der Waals surface area contributed by atoms with Crippen LogP contribution in [0.25, 0.3) is 0 Å². The van der Waals surface area contributed by atoms with E-state index < -0.39 is 60.3 Å². The molecule has 0 unspecified atom stereocenters. The molecular weight excluding hydrogens is 422 g/mol. The molecule has 2 aliphatic heterocycles. The highest BCUT2D eigenvalue weighted by Gasteiger charge is 2.68. The van der Waals surface area contributed by atoms with Gasteiger partial charge in [-0.2, -0.15) is 0 Å². The summed E-state index contributed by atoms with van der Waals surface area (Å²) in [5, 5.41) is 53.7. The van der Waals surface area contributed by atoms with E-state index >= 15 is 0 Å². The second kappa shape index (κ2) is 9.14. The van der Waals surface area contributed by atoms with Crippen molar-refractivity contribution >= 4 is 0 Å². The molecule has 1 aromatic heterocycles. The SMILES string of the molecule is CN[C@@H]1[C@H](O)[C@H](NC)[C@H]2O[C@]3(O)[C@H](O[C@@H]2[C@H]1O)O[C@H](C)C[C@@]3(O)CNCc1cncnc1. The third-order valence-electron chi connectivity index (χ3n) is 6.71. The van der Waals surface area contributed by atoms with Crippen LogP contribution in [0.3, 0.4) is 0 Å². The number of aliphatic hydroxyl groups is 4. The topological polar surface area (TPSA) is 170 Å². The zero-order chi connectivity index (χ0) is 23.1. The number of hydrogen-bond donors (Lipinski definition) is 7. The molecule has 12 heteroatoms. The lowest BCUT2D eigenvalue weighted by molar-refractivity contribution is -0.482. The Balaban J connectivity index is 1.57. The lowest BCUT2D eigenvalue weighted by Crippen LogP contribution is -2.81. The van der Waals surface area contributed by atoms with Crippen molar-refractivity contribution in [3.8, 4) is 0 Å². The summed E-state index contributed by atoms with van der Waals surface area (Å²) in [5.74, 6) is -2.23. The Morgan fingerprint density at radius 2 is 1.72 bits per heavy atom. The van der Waals surface area contributed by atoms with Crippen molar-refractivity contribution in [1.29, 1.82) is 0 Å². The minimum Gasteiger partial charge on any atom is -0.390 e. The smallest absolute Gasteiger partial charge is 0.249 e. The molecule has 0 radical (unpaired) electrons. The van der Waals surface area contributed by atoms with Gasteiger partial charge in [0.15, 0.2) is 0 Å². The van der Waals surface area contributed by atoms with Gasteiger partial charge in [-0.25, -0.2) is 9.97 Å². The number of aromatic nitrogens is 2. The minimum absolute atomic E-state index is 0.0300. The first-order chi connectivity index (χ1) is 15.2. The lowest BCUT2D eigenvalue weighted by atomic mass is 9.77. The molecule has 4 rings (SSSR count). The Kier molecular flexibility index (Phi) is 6.81. The molecular formula is C20H33N5O7. The zero-order valence-corrected chi connectivity index (χ0v) is 18.4. The first kappa shape index (κ1) is 23.8. The molecule has 3 fully saturated rings. The van der Waals surface area contributed by atoms with Gasteiger partial charge in [-0.1, -0.05) is 0 Å². The first-order valence-electron chi connectivity index (χ1n) is 10.8. The molecule has 0 spiro atoms. The van der Waals surface area contributed by atoms with Gasteiger partial charge < -0.3 is 50.6 Å². The fraction of sp³-hybridized carbons (Fsp3) is 0.800. The van der Waals surface area contributed by atoms with Crippen LogP contribution in [0, 0.1) is 0 Å². The Bertz CT molecular complexity index is 778. The second-order valence-electron chi connectivity index (χ2n) is 8.85. The van der Waals surface area contributed by atoms with E-state index in [-0.39, 0.29) is 13.0 Å². The Hall–Kier alpha value is -1.32. The van der Waals surface area contributed by atoms with Crippen molar-refractivity contribution in [3.05, 3.63) is 24.3 Å². The summed E-state index contributed by atoms with van der Waals surface area (Å²) in [7, 11) is 3.27. The predicted molar refractivity (Wildman–Crippen MR) is 110 cm³/mol. The molecule has 0 bridgehead atoms. The fourth-order valence-corrected chi connectivity index (χ4v) is 5.06. The number of nitrogens with zero attached hydrogens (tertiary/aromatic N) is 2. The molecule has 180 valence electrons. The van der Waals surface area contributed by atoms with Crippen LogP contribution in [0.4, 0.5) is 0 Å². The molecule has 2 saturated heterocycles. The molecule has 3 aliphatic rings. The maximum absolute atomic E-state index is 11.6. The second-order valence-corrected chi connectivity index (χ2v) is 8.85. The van der Waals surface area contributed by atoms with E-state index in [9.17, 15) is 20.4 Å². The summed E-state index contributed by atoms with van der Waals surface area (Å²) in [5.41, 5.74) is -0.961. The molecule has 3 heterocycles. The fourth-order valence-electron chi connectivity index (χ4n) is 5.06. The van der Waals surface area contributed by atoms with Gasteiger partial charge in [-0.05, 0) is 21.0 Å². The summed E-state index contributed by atoms with van der Waals surface area (Å²) < 4.78 is 17.9. The third kappa shape index (κ3) is 3.94. The highest BCUT2D eigenvalue weighted by molar-refractivity contribution is 5.12. The molecule has 1 aromatic rings. The summed E-state index contributed by atoms with van der Waals surface area (Å²) in [6.07, 6.45) is -0.968. The molecule has 1 saturated carbocycles. The molecule has 0 amide bonds. The monoisotopic (exact) mass is 455 g/mol. The largest absolute Gasteiger partial charge is 0.390 e.